The SMILES string of the molecule is O=C1c2c(ccc(O)c2O)OC(c2ccccc2)(c2ccccc2)C1O. The van der Waals surface area contributed by atoms with Crippen LogP contribution in [0.3, 0.4) is 0 Å². The van der Waals surface area contributed by atoms with Crippen LogP contribution in [-0.2, 0) is 5.60 Å². The number of aromatic hydroxyl groups is 2. The number of carbonyl (C=O) groups is 1. The molecular weight excluding hydrogens is 332 g/mol. The van der Waals surface area contributed by atoms with E-state index in [4.69, 9.17) is 4.74 Å². The monoisotopic (exact) mass is 348 g/mol. The number of fused-ring (bicyclic) bond motifs is 1. The zero-order valence-corrected chi connectivity index (χ0v) is 13.7. The van der Waals surface area contributed by atoms with Crippen molar-refractivity contribution in [3.8, 4) is 17.2 Å². The summed E-state index contributed by atoms with van der Waals surface area (Å²) in [4.78, 5) is 13.0. The summed E-state index contributed by atoms with van der Waals surface area (Å²) < 4.78 is 6.17. The van der Waals surface area contributed by atoms with Gasteiger partial charge in [0.1, 0.15) is 11.3 Å². The van der Waals surface area contributed by atoms with Gasteiger partial charge in [0.05, 0.1) is 0 Å². The van der Waals surface area contributed by atoms with Gasteiger partial charge in [-0.2, -0.15) is 0 Å². The Bertz CT molecular complexity index is 927. The van der Waals surface area contributed by atoms with Crippen LogP contribution in [0.1, 0.15) is 21.5 Å². The molecule has 0 amide bonds. The molecule has 130 valence electrons. The molecule has 5 heteroatoms. The maximum absolute atomic E-state index is 13.0. The highest BCUT2D eigenvalue weighted by Crippen LogP contribution is 2.48. The Morgan fingerprint density at radius 1 is 0.808 bits per heavy atom. The molecule has 0 bridgehead atoms. The zero-order chi connectivity index (χ0) is 18.3. The van der Waals surface area contributed by atoms with Gasteiger partial charge in [-0.25, -0.2) is 0 Å². The molecule has 3 N–H and O–H groups in total. The second-order valence-electron chi connectivity index (χ2n) is 6.14. The Morgan fingerprint density at radius 2 is 1.35 bits per heavy atom. The minimum atomic E-state index is -1.60. The molecule has 0 saturated heterocycles. The van der Waals surface area contributed by atoms with E-state index < -0.39 is 29.0 Å². The van der Waals surface area contributed by atoms with E-state index in [9.17, 15) is 20.1 Å². The zero-order valence-electron chi connectivity index (χ0n) is 13.7. The lowest BCUT2D eigenvalue weighted by Gasteiger charge is -2.42. The van der Waals surface area contributed by atoms with Crippen LogP contribution in [0.4, 0.5) is 0 Å². The fourth-order valence-corrected chi connectivity index (χ4v) is 3.41. The van der Waals surface area contributed by atoms with E-state index in [2.05, 4.69) is 0 Å². The topological polar surface area (TPSA) is 87.0 Å². The number of ketones is 1. The van der Waals surface area contributed by atoms with Gasteiger partial charge in [0.2, 0.25) is 5.78 Å². The van der Waals surface area contributed by atoms with Crippen molar-refractivity contribution < 1.29 is 24.9 Å². The van der Waals surface area contributed by atoms with Gasteiger partial charge in [0.25, 0.3) is 0 Å². The van der Waals surface area contributed by atoms with Crippen LogP contribution in [0.15, 0.2) is 72.8 Å². The number of Topliss-reactive ketones (excluding diaryl/α,β-unsaturated/α-hetero) is 1. The molecule has 3 aromatic carbocycles. The lowest BCUT2D eigenvalue weighted by Crippen LogP contribution is -2.53. The van der Waals surface area contributed by atoms with E-state index >= 15 is 0 Å². The molecule has 0 radical (unpaired) electrons. The molecule has 1 aliphatic heterocycles. The second kappa shape index (κ2) is 5.89. The van der Waals surface area contributed by atoms with E-state index in [1.807, 2.05) is 12.1 Å². The molecule has 0 aromatic heterocycles. The molecule has 4 rings (SSSR count). The van der Waals surface area contributed by atoms with E-state index in [-0.39, 0.29) is 11.3 Å². The number of rotatable bonds is 2. The number of carbonyl (C=O) groups excluding carboxylic acids is 1. The van der Waals surface area contributed by atoms with Crippen LogP contribution in [0.5, 0.6) is 17.2 Å². The van der Waals surface area contributed by atoms with Crippen molar-refractivity contribution in [3.05, 3.63) is 89.5 Å². The number of benzene rings is 3. The average molecular weight is 348 g/mol. The summed E-state index contributed by atoms with van der Waals surface area (Å²) in [5, 5.41) is 30.8. The molecule has 0 spiro atoms. The molecule has 5 nitrogen and oxygen atoms in total. The standard InChI is InChI=1S/C21H16O5/c22-15-11-12-16-17(18(15)23)19(24)20(25)21(26-16,13-7-3-1-4-8-13)14-9-5-2-6-10-14/h1-12,20,22-23,25H. The summed E-state index contributed by atoms with van der Waals surface area (Å²) in [5.41, 5.74) is -0.480. The van der Waals surface area contributed by atoms with Crippen molar-refractivity contribution >= 4 is 5.78 Å². The third-order valence-corrected chi connectivity index (χ3v) is 4.67. The van der Waals surface area contributed by atoms with Crippen LogP contribution < -0.4 is 4.74 Å². The second-order valence-corrected chi connectivity index (χ2v) is 6.14. The summed E-state index contributed by atoms with van der Waals surface area (Å²) in [6.45, 7) is 0. The number of aliphatic hydroxyl groups excluding tert-OH is 1. The molecule has 0 saturated carbocycles. The Kier molecular flexibility index (Phi) is 3.67. The first-order valence-electron chi connectivity index (χ1n) is 8.13. The lowest BCUT2D eigenvalue weighted by molar-refractivity contribution is -0.0267. The lowest BCUT2D eigenvalue weighted by atomic mass is 9.76. The van der Waals surface area contributed by atoms with Crippen LogP contribution in [0, 0.1) is 0 Å². The normalized spacial score (nSPS) is 18.0. The quantitative estimate of drug-likeness (QED) is 0.620. The number of hydrogen-bond acceptors (Lipinski definition) is 5. The summed E-state index contributed by atoms with van der Waals surface area (Å²) in [6.07, 6.45) is -1.60. The van der Waals surface area contributed by atoms with Crippen LogP contribution in [0.25, 0.3) is 0 Å². The van der Waals surface area contributed by atoms with E-state index in [1.54, 1.807) is 48.5 Å². The van der Waals surface area contributed by atoms with Gasteiger partial charge < -0.3 is 20.1 Å². The highest BCUT2D eigenvalue weighted by molar-refractivity contribution is 6.07. The minimum Gasteiger partial charge on any atom is -0.504 e. The van der Waals surface area contributed by atoms with E-state index in [0.717, 1.165) is 0 Å². The predicted molar refractivity (Wildman–Crippen MR) is 94.4 cm³/mol. The summed E-state index contributed by atoms with van der Waals surface area (Å²) in [5.74, 6) is -1.66. The maximum atomic E-state index is 13.0. The van der Waals surface area contributed by atoms with Gasteiger partial charge in [-0.15, -0.1) is 0 Å². The summed E-state index contributed by atoms with van der Waals surface area (Å²) in [7, 11) is 0. The minimum absolute atomic E-state index is 0.100. The van der Waals surface area contributed by atoms with Crippen LogP contribution in [0.2, 0.25) is 0 Å². The van der Waals surface area contributed by atoms with Crippen LogP contribution >= 0.6 is 0 Å². The number of phenols is 2. The van der Waals surface area contributed by atoms with Gasteiger partial charge in [-0.1, -0.05) is 60.7 Å². The molecule has 1 aliphatic rings. The smallest absolute Gasteiger partial charge is 0.203 e. The summed E-state index contributed by atoms with van der Waals surface area (Å²) >= 11 is 0. The molecule has 1 unspecified atom stereocenters. The molecule has 0 fully saturated rings. The molecule has 1 atom stereocenters. The fraction of sp³-hybridized carbons (Fsp3) is 0.0952. The first kappa shape index (κ1) is 16.2. The number of aliphatic hydroxyl groups is 1. The van der Waals surface area contributed by atoms with Gasteiger partial charge in [-0.05, 0) is 12.1 Å². The molecule has 3 aromatic rings. The van der Waals surface area contributed by atoms with Crippen molar-refractivity contribution in [1.82, 2.24) is 0 Å². The van der Waals surface area contributed by atoms with Gasteiger partial charge in [0, 0.05) is 11.1 Å². The molecule has 1 heterocycles. The molecular formula is C21H16O5. The third kappa shape index (κ3) is 2.18. The van der Waals surface area contributed by atoms with Crippen molar-refractivity contribution in [2.45, 2.75) is 11.7 Å². The largest absolute Gasteiger partial charge is 0.504 e. The Hall–Kier alpha value is -3.31. The number of ether oxygens (including phenoxy) is 1. The van der Waals surface area contributed by atoms with E-state index in [0.29, 0.717) is 11.1 Å². The third-order valence-electron chi connectivity index (χ3n) is 4.67. The Morgan fingerprint density at radius 3 is 1.88 bits per heavy atom. The highest BCUT2D eigenvalue weighted by Gasteiger charge is 2.52. The highest BCUT2D eigenvalue weighted by atomic mass is 16.5. The van der Waals surface area contributed by atoms with E-state index in [1.165, 1.54) is 12.1 Å². The van der Waals surface area contributed by atoms with Crippen molar-refractivity contribution in [2.75, 3.05) is 0 Å². The Labute approximate surface area is 149 Å². The summed E-state index contributed by atoms with van der Waals surface area (Å²) in [6, 6.07) is 20.6. The van der Waals surface area contributed by atoms with Crippen molar-refractivity contribution in [3.63, 3.8) is 0 Å². The molecule has 0 aliphatic carbocycles. The first-order chi connectivity index (χ1) is 12.6. The predicted octanol–water partition coefficient (Wildman–Crippen LogP) is 2.98. The fourth-order valence-electron chi connectivity index (χ4n) is 3.41. The Balaban J connectivity index is 2.01. The van der Waals surface area contributed by atoms with Crippen LogP contribution in [-0.4, -0.2) is 27.2 Å². The van der Waals surface area contributed by atoms with Crippen molar-refractivity contribution in [1.29, 1.82) is 0 Å². The maximum Gasteiger partial charge on any atom is 0.203 e. The van der Waals surface area contributed by atoms with Crippen molar-refractivity contribution in [2.24, 2.45) is 0 Å². The number of hydrogen-bond donors (Lipinski definition) is 3. The average Bonchev–Trinajstić information content (AvgIpc) is 2.69. The first-order valence-corrected chi connectivity index (χ1v) is 8.13. The van der Waals surface area contributed by atoms with Gasteiger partial charge >= 0.3 is 0 Å². The van der Waals surface area contributed by atoms with Gasteiger partial charge in [-0.3, -0.25) is 4.79 Å². The number of phenolic OH excluding ortho intramolecular Hbond substituents is 2. The van der Waals surface area contributed by atoms with Gasteiger partial charge in [0.15, 0.2) is 23.2 Å². The molecule has 26 heavy (non-hydrogen) atoms.